The van der Waals surface area contributed by atoms with Crippen molar-refractivity contribution in [3.8, 4) is 5.75 Å². The highest BCUT2D eigenvalue weighted by atomic mass is 35.5. The van der Waals surface area contributed by atoms with Crippen LogP contribution in [0.2, 0.25) is 5.02 Å². The first kappa shape index (κ1) is 22.6. The van der Waals surface area contributed by atoms with Crippen molar-refractivity contribution in [2.45, 2.75) is 26.4 Å². The molecule has 0 fully saturated rings. The predicted octanol–water partition coefficient (Wildman–Crippen LogP) is 4.10. The summed E-state index contributed by atoms with van der Waals surface area (Å²) in [5, 5.41) is 13.8. The van der Waals surface area contributed by atoms with E-state index in [1.165, 1.54) is 0 Å². The summed E-state index contributed by atoms with van der Waals surface area (Å²) in [6, 6.07) is 12.2. The molecule has 1 heterocycles. The summed E-state index contributed by atoms with van der Waals surface area (Å²) in [6.07, 6.45) is -1.01. The van der Waals surface area contributed by atoms with E-state index in [2.05, 4.69) is 11.9 Å². The smallest absolute Gasteiger partial charge is 0.340 e. The van der Waals surface area contributed by atoms with E-state index < -0.39 is 17.6 Å². The average Bonchev–Trinajstić information content (AvgIpc) is 2.74. The number of rotatable bonds is 8. The highest BCUT2D eigenvalue weighted by Gasteiger charge is 2.18. The minimum atomic E-state index is -0.837. The average molecular weight is 442 g/mol. The largest absolute Gasteiger partial charge is 0.488 e. The number of aliphatic hydroxyl groups is 1. The Bertz CT molecular complexity index is 1170. The van der Waals surface area contributed by atoms with Gasteiger partial charge in [-0.15, -0.1) is 0 Å². The van der Waals surface area contributed by atoms with Crippen LogP contribution in [0.5, 0.6) is 5.75 Å². The van der Waals surface area contributed by atoms with Gasteiger partial charge < -0.3 is 19.6 Å². The van der Waals surface area contributed by atoms with E-state index in [1.807, 2.05) is 25.1 Å². The van der Waals surface area contributed by atoms with Crippen molar-refractivity contribution in [1.29, 1.82) is 0 Å². The van der Waals surface area contributed by atoms with Gasteiger partial charge in [-0.05, 0) is 36.6 Å². The van der Waals surface area contributed by atoms with Crippen LogP contribution >= 0.6 is 11.6 Å². The second-order valence-corrected chi connectivity index (χ2v) is 7.83. The molecular formula is C24H24ClNO5. The fourth-order valence-electron chi connectivity index (χ4n) is 3.13. The number of fused-ring (bicyclic) bond motifs is 1. The molecule has 1 amide bonds. The van der Waals surface area contributed by atoms with Crippen molar-refractivity contribution in [1.82, 2.24) is 5.32 Å². The van der Waals surface area contributed by atoms with Crippen molar-refractivity contribution in [2.24, 2.45) is 0 Å². The number of aliphatic hydroxyl groups excluding tert-OH is 1. The van der Waals surface area contributed by atoms with Gasteiger partial charge in [-0.25, -0.2) is 4.79 Å². The van der Waals surface area contributed by atoms with E-state index in [9.17, 15) is 14.7 Å². The van der Waals surface area contributed by atoms with Gasteiger partial charge >= 0.3 is 5.63 Å². The molecule has 0 unspecified atom stereocenters. The molecule has 2 aromatic carbocycles. The number of hydrogen-bond donors (Lipinski definition) is 2. The van der Waals surface area contributed by atoms with E-state index in [1.54, 1.807) is 31.2 Å². The lowest BCUT2D eigenvalue weighted by Crippen LogP contribution is -2.31. The van der Waals surface area contributed by atoms with Crippen molar-refractivity contribution in [3.05, 3.63) is 86.7 Å². The summed E-state index contributed by atoms with van der Waals surface area (Å²) >= 11 is 6.32. The minimum Gasteiger partial charge on any atom is -0.488 e. The fraction of sp³-hybridized carbons (Fsp3) is 0.250. The van der Waals surface area contributed by atoms with E-state index >= 15 is 0 Å². The Hall–Kier alpha value is -3.09. The van der Waals surface area contributed by atoms with Crippen LogP contribution in [0.1, 0.15) is 29.7 Å². The molecule has 0 spiro atoms. The van der Waals surface area contributed by atoms with Crippen LogP contribution in [-0.2, 0) is 11.2 Å². The molecular weight excluding hydrogens is 418 g/mol. The van der Waals surface area contributed by atoms with Crippen LogP contribution in [-0.4, -0.2) is 24.2 Å². The Kier molecular flexibility index (Phi) is 7.15. The summed E-state index contributed by atoms with van der Waals surface area (Å²) in [5.41, 5.74) is 2.10. The predicted molar refractivity (Wildman–Crippen MR) is 121 cm³/mol. The zero-order valence-electron chi connectivity index (χ0n) is 17.4. The van der Waals surface area contributed by atoms with E-state index in [4.69, 9.17) is 20.8 Å². The molecule has 1 aromatic heterocycles. The molecule has 0 aliphatic rings. The maximum atomic E-state index is 12.5. The van der Waals surface area contributed by atoms with E-state index in [0.29, 0.717) is 39.5 Å². The van der Waals surface area contributed by atoms with Gasteiger partial charge in [0, 0.05) is 18.0 Å². The molecule has 162 valence electrons. The Balaban J connectivity index is 1.77. The highest BCUT2D eigenvalue weighted by Crippen LogP contribution is 2.32. The second-order valence-electron chi connectivity index (χ2n) is 7.42. The lowest BCUT2D eigenvalue weighted by molar-refractivity contribution is -0.120. The molecule has 31 heavy (non-hydrogen) atoms. The Morgan fingerprint density at radius 3 is 2.68 bits per heavy atom. The first-order valence-electron chi connectivity index (χ1n) is 9.79. The zero-order chi connectivity index (χ0) is 22.5. The molecule has 2 N–H and O–H groups in total. The third kappa shape index (κ3) is 5.54. The molecule has 0 aliphatic heterocycles. The zero-order valence-corrected chi connectivity index (χ0v) is 18.2. The van der Waals surface area contributed by atoms with Gasteiger partial charge in [-0.1, -0.05) is 48.5 Å². The number of halogens is 1. The number of carbonyl (C=O) groups excluding carboxylic acids is 1. The van der Waals surface area contributed by atoms with Gasteiger partial charge in [0.1, 0.15) is 17.9 Å². The van der Waals surface area contributed by atoms with Crippen LogP contribution in [0.3, 0.4) is 0 Å². The first-order valence-corrected chi connectivity index (χ1v) is 10.2. The quantitative estimate of drug-likeness (QED) is 0.406. The Morgan fingerprint density at radius 2 is 2.00 bits per heavy atom. The van der Waals surface area contributed by atoms with Crippen LogP contribution in [0.15, 0.2) is 63.8 Å². The second kappa shape index (κ2) is 9.81. The molecule has 3 aromatic rings. The van der Waals surface area contributed by atoms with Crippen molar-refractivity contribution < 1.29 is 19.1 Å². The molecule has 3 rings (SSSR count). The maximum Gasteiger partial charge on any atom is 0.340 e. The third-order valence-corrected chi connectivity index (χ3v) is 5.12. The number of amides is 1. The monoisotopic (exact) mass is 441 g/mol. The van der Waals surface area contributed by atoms with Crippen molar-refractivity contribution in [2.75, 3.05) is 13.2 Å². The van der Waals surface area contributed by atoms with Crippen LogP contribution in [0.4, 0.5) is 0 Å². The molecule has 0 radical (unpaired) electrons. The molecule has 0 aliphatic carbocycles. The molecule has 7 heteroatoms. The standard InChI is InChI=1S/C24H24ClNO5/c1-14(2)13-30-22-11-21-17(9-19(22)25)15(3)18(24(29)31-21)10-23(28)26-12-20(27)16-7-5-4-6-8-16/h4-9,11,20,27H,1,10,12-13H2,2-3H3,(H,26,28)/t20-/m0/s1. The van der Waals surface area contributed by atoms with Crippen LogP contribution in [0.25, 0.3) is 11.0 Å². The third-order valence-electron chi connectivity index (χ3n) is 4.83. The first-order chi connectivity index (χ1) is 14.8. The SMILES string of the molecule is C=C(C)COc1cc2oc(=O)c(CC(=O)NC[C@H](O)c3ccccc3)c(C)c2cc1Cl. The number of aryl methyl sites for hydroxylation is 1. The van der Waals surface area contributed by atoms with Gasteiger partial charge in [0.25, 0.3) is 0 Å². The number of carbonyl (C=O) groups is 1. The highest BCUT2D eigenvalue weighted by molar-refractivity contribution is 6.32. The summed E-state index contributed by atoms with van der Waals surface area (Å²) in [5.74, 6) is -0.00245. The van der Waals surface area contributed by atoms with Crippen LogP contribution in [0, 0.1) is 6.92 Å². The molecule has 0 bridgehead atoms. The summed E-state index contributed by atoms with van der Waals surface area (Å²) in [6.45, 7) is 7.68. The van der Waals surface area contributed by atoms with Gasteiger partial charge in [0.05, 0.1) is 23.1 Å². The lowest BCUT2D eigenvalue weighted by Gasteiger charge is -2.13. The molecule has 0 saturated heterocycles. The molecule has 6 nitrogen and oxygen atoms in total. The number of hydrogen-bond acceptors (Lipinski definition) is 5. The summed E-state index contributed by atoms with van der Waals surface area (Å²) < 4.78 is 11.0. The summed E-state index contributed by atoms with van der Waals surface area (Å²) in [7, 11) is 0. The molecule has 0 saturated carbocycles. The lowest BCUT2D eigenvalue weighted by atomic mass is 10.0. The van der Waals surface area contributed by atoms with Gasteiger partial charge in [-0.2, -0.15) is 0 Å². The van der Waals surface area contributed by atoms with Crippen LogP contribution < -0.4 is 15.7 Å². The maximum absolute atomic E-state index is 12.5. The number of ether oxygens (including phenoxy) is 1. The Morgan fingerprint density at radius 1 is 1.29 bits per heavy atom. The molecule has 1 atom stereocenters. The van der Waals surface area contributed by atoms with E-state index in [0.717, 1.165) is 5.57 Å². The summed E-state index contributed by atoms with van der Waals surface area (Å²) in [4.78, 5) is 24.9. The topological polar surface area (TPSA) is 88.8 Å². The number of nitrogens with one attached hydrogen (secondary N) is 1. The van der Waals surface area contributed by atoms with E-state index in [-0.39, 0.29) is 18.5 Å². The number of benzene rings is 2. The normalized spacial score (nSPS) is 11.9. The fourth-order valence-corrected chi connectivity index (χ4v) is 3.35. The van der Waals surface area contributed by atoms with Gasteiger partial charge in [0.2, 0.25) is 5.91 Å². The van der Waals surface area contributed by atoms with Crippen molar-refractivity contribution >= 4 is 28.5 Å². The van der Waals surface area contributed by atoms with Gasteiger partial charge in [0.15, 0.2) is 0 Å². The Labute approximate surface area is 185 Å². The van der Waals surface area contributed by atoms with Gasteiger partial charge in [-0.3, -0.25) is 4.79 Å². The van der Waals surface area contributed by atoms with Crippen molar-refractivity contribution in [3.63, 3.8) is 0 Å². The minimum absolute atomic E-state index is 0.0378.